The van der Waals surface area contributed by atoms with Gasteiger partial charge in [-0.05, 0) is 42.5 Å². The van der Waals surface area contributed by atoms with E-state index in [2.05, 4.69) is 5.32 Å². The van der Waals surface area contributed by atoms with Gasteiger partial charge in [0.1, 0.15) is 18.4 Å². The molecule has 1 aliphatic heterocycles. The first kappa shape index (κ1) is 20.9. The Morgan fingerprint density at radius 1 is 1.10 bits per heavy atom. The van der Waals surface area contributed by atoms with Gasteiger partial charge in [0.25, 0.3) is 0 Å². The van der Waals surface area contributed by atoms with Gasteiger partial charge in [-0.1, -0.05) is 49.4 Å². The third kappa shape index (κ3) is 4.95. The number of aliphatic carboxylic acids is 1. The summed E-state index contributed by atoms with van der Waals surface area (Å²) < 4.78 is 11.3. The number of carboxylic acids is 1. The van der Waals surface area contributed by atoms with Crippen molar-refractivity contribution < 1.29 is 24.2 Å². The molecular formula is C23H27NO5. The molecule has 1 amide bonds. The quantitative estimate of drug-likeness (QED) is 0.714. The average Bonchev–Trinajstić information content (AvgIpc) is 2.77. The molecule has 2 N–H and O–H groups in total. The van der Waals surface area contributed by atoms with Crippen LogP contribution in [-0.2, 0) is 26.3 Å². The second-order valence-electron chi connectivity index (χ2n) is 7.27. The predicted molar refractivity (Wildman–Crippen MR) is 109 cm³/mol. The van der Waals surface area contributed by atoms with Crippen LogP contribution in [0.15, 0.2) is 54.6 Å². The lowest BCUT2D eigenvalue weighted by Crippen LogP contribution is -2.52. The molecule has 0 radical (unpaired) electrons. The number of ether oxygens (including phenoxy) is 2. The SMILES string of the molecule is CC[C@@H](NC(=O)C1(c2ccc(OCc3ccccc3)cc2)CCOCC1)C(=O)O. The highest BCUT2D eigenvalue weighted by Crippen LogP contribution is 2.36. The lowest BCUT2D eigenvalue weighted by atomic mass is 9.73. The standard InChI is InChI=1S/C23H27NO5/c1-2-20(21(25)26)24-22(27)23(12-14-28-15-13-23)18-8-10-19(11-9-18)29-16-17-6-4-3-5-7-17/h3-11,20H,2,12-16H2,1H3,(H,24,27)(H,25,26)/t20-/m1/s1. The van der Waals surface area contributed by atoms with Gasteiger partial charge in [-0.25, -0.2) is 4.79 Å². The maximum atomic E-state index is 13.1. The maximum Gasteiger partial charge on any atom is 0.326 e. The Morgan fingerprint density at radius 2 is 1.76 bits per heavy atom. The van der Waals surface area contributed by atoms with Crippen LogP contribution in [0.5, 0.6) is 5.75 Å². The van der Waals surface area contributed by atoms with E-state index in [1.165, 1.54) is 0 Å². The number of carbonyl (C=O) groups is 2. The van der Waals surface area contributed by atoms with E-state index in [0.29, 0.717) is 39.1 Å². The molecule has 6 nitrogen and oxygen atoms in total. The van der Waals surface area contributed by atoms with Gasteiger partial charge in [0.2, 0.25) is 5.91 Å². The minimum Gasteiger partial charge on any atom is -0.489 e. The highest BCUT2D eigenvalue weighted by Gasteiger charge is 2.42. The lowest BCUT2D eigenvalue weighted by Gasteiger charge is -2.37. The summed E-state index contributed by atoms with van der Waals surface area (Å²) in [5, 5.41) is 12.0. The van der Waals surface area contributed by atoms with E-state index < -0.39 is 17.4 Å². The van der Waals surface area contributed by atoms with Gasteiger partial charge in [0.05, 0.1) is 5.41 Å². The normalized spacial score (nSPS) is 16.6. The summed E-state index contributed by atoms with van der Waals surface area (Å²) in [6.45, 7) is 3.14. The number of amides is 1. The van der Waals surface area contributed by atoms with E-state index >= 15 is 0 Å². The van der Waals surface area contributed by atoms with E-state index in [1.54, 1.807) is 6.92 Å². The molecule has 1 atom stereocenters. The molecule has 154 valence electrons. The second-order valence-corrected chi connectivity index (χ2v) is 7.27. The first-order valence-electron chi connectivity index (χ1n) is 9.94. The zero-order chi connectivity index (χ0) is 20.7. The van der Waals surface area contributed by atoms with Gasteiger partial charge in [0, 0.05) is 13.2 Å². The highest BCUT2D eigenvalue weighted by molar-refractivity contribution is 5.91. The fourth-order valence-electron chi connectivity index (χ4n) is 3.61. The molecule has 6 heteroatoms. The molecule has 3 rings (SSSR count). The Labute approximate surface area is 170 Å². The molecule has 0 bridgehead atoms. The Morgan fingerprint density at radius 3 is 2.34 bits per heavy atom. The summed E-state index contributed by atoms with van der Waals surface area (Å²) in [6, 6.07) is 16.5. The predicted octanol–water partition coefficient (Wildman–Crippen LogP) is 3.29. The van der Waals surface area contributed by atoms with Crippen molar-refractivity contribution in [3.8, 4) is 5.75 Å². The molecule has 2 aromatic rings. The van der Waals surface area contributed by atoms with Crippen LogP contribution in [0.3, 0.4) is 0 Å². The Balaban J connectivity index is 1.76. The Bertz CT molecular complexity index is 813. The smallest absolute Gasteiger partial charge is 0.326 e. The van der Waals surface area contributed by atoms with E-state index in [0.717, 1.165) is 16.9 Å². The lowest BCUT2D eigenvalue weighted by molar-refractivity contribution is -0.143. The van der Waals surface area contributed by atoms with E-state index in [-0.39, 0.29) is 5.91 Å². The van der Waals surface area contributed by atoms with Crippen LogP contribution in [0.25, 0.3) is 0 Å². The number of hydrogen-bond acceptors (Lipinski definition) is 4. The zero-order valence-corrected chi connectivity index (χ0v) is 16.6. The molecule has 0 unspecified atom stereocenters. The fraction of sp³-hybridized carbons (Fsp3) is 0.391. The molecule has 0 spiro atoms. The molecule has 2 aromatic carbocycles. The number of benzene rings is 2. The van der Waals surface area contributed by atoms with Crippen LogP contribution >= 0.6 is 0 Å². The second kappa shape index (κ2) is 9.56. The number of carbonyl (C=O) groups excluding carboxylic acids is 1. The van der Waals surface area contributed by atoms with Gasteiger partial charge >= 0.3 is 5.97 Å². The summed E-state index contributed by atoms with van der Waals surface area (Å²) in [5.41, 5.74) is 1.14. The average molecular weight is 397 g/mol. The summed E-state index contributed by atoms with van der Waals surface area (Å²) in [6.07, 6.45) is 1.36. The van der Waals surface area contributed by atoms with Crippen molar-refractivity contribution in [1.29, 1.82) is 0 Å². The first-order valence-corrected chi connectivity index (χ1v) is 9.94. The summed E-state index contributed by atoms with van der Waals surface area (Å²) in [7, 11) is 0. The van der Waals surface area contributed by atoms with Crippen molar-refractivity contribution in [2.45, 2.75) is 44.2 Å². The van der Waals surface area contributed by atoms with Crippen molar-refractivity contribution in [3.63, 3.8) is 0 Å². The Hall–Kier alpha value is -2.86. The van der Waals surface area contributed by atoms with Gasteiger partial charge in [0.15, 0.2) is 0 Å². The molecule has 0 saturated carbocycles. The Kier molecular flexibility index (Phi) is 6.88. The van der Waals surface area contributed by atoms with Gasteiger partial charge < -0.3 is 19.9 Å². The first-order chi connectivity index (χ1) is 14.0. The number of nitrogens with one attached hydrogen (secondary N) is 1. The van der Waals surface area contributed by atoms with Crippen molar-refractivity contribution in [2.24, 2.45) is 0 Å². The van der Waals surface area contributed by atoms with E-state index in [9.17, 15) is 14.7 Å². The van der Waals surface area contributed by atoms with Gasteiger partial charge in [-0.15, -0.1) is 0 Å². The zero-order valence-electron chi connectivity index (χ0n) is 16.6. The van der Waals surface area contributed by atoms with Crippen LogP contribution in [-0.4, -0.2) is 36.2 Å². The van der Waals surface area contributed by atoms with Gasteiger partial charge in [-0.2, -0.15) is 0 Å². The highest BCUT2D eigenvalue weighted by atomic mass is 16.5. The van der Waals surface area contributed by atoms with Crippen LogP contribution < -0.4 is 10.1 Å². The van der Waals surface area contributed by atoms with Crippen LogP contribution in [0.1, 0.15) is 37.3 Å². The van der Waals surface area contributed by atoms with Gasteiger partial charge in [-0.3, -0.25) is 4.79 Å². The third-order valence-electron chi connectivity index (χ3n) is 5.45. The summed E-state index contributed by atoms with van der Waals surface area (Å²) >= 11 is 0. The summed E-state index contributed by atoms with van der Waals surface area (Å²) in [4.78, 5) is 24.5. The van der Waals surface area contributed by atoms with Crippen LogP contribution in [0.4, 0.5) is 0 Å². The molecular weight excluding hydrogens is 370 g/mol. The molecule has 1 heterocycles. The number of rotatable bonds is 8. The topological polar surface area (TPSA) is 84.9 Å². The number of carboxylic acid groups (broad SMARTS) is 1. The molecule has 0 aliphatic carbocycles. The van der Waals surface area contributed by atoms with Crippen molar-refractivity contribution in [1.82, 2.24) is 5.32 Å². The fourth-order valence-corrected chi connectivity index (χ4v) is 3.61. The van der Waals surface area contributed by atoms with E-state index in [4.69, 9.17) is 9.47 Å². The van der Waals surface area contributed by atoms with Crippen molar-refractivity contribution in [3.05, 3.63) is 65.7 Å². The molecule has 29 heavy (non-hydrogen) atoms. The molecule has 1 saturated heterocycles. The molecule has 1 fully saturated rings. The van der Waals surface area contributed by atoms with Crippen LogP contribution in [0, 0.1) is 0 Å². The minimum atomic E-state index is -1.02. The third-order valence-corrected chi connectivity index (χ3v) is 5.45. The number of hydrogen-bond donors (Lipinski definition) is 2. The van der Waals surface area contributed by atoms with Crippen molar-refractivity contribution >= 4 is 11.9 Å². The van der Waals surface area contributed by atoms with Crippen LogP contribution in [0.2, 0.25) is 0 Å². The summed E-state index contributed by atoms with van der Waals surface area (Å²) in [5.74, 6) is -0.557. The maximum absolute atomic E-state index is 13.1. The van der Waals surface area contributed by atoms with Crippen molar-refractivity contribution in [2.75, 3.05) is 13.2 Å². The molecule has 0 aromatic heterocycles. The monoisotopic (exact) mass is 397 g/mol. The minimum absolute atomic E-state index is 0.256. The van der Waals surface area contributed by atoms with E-state index in [1.807, 2.05) is 54.6 Å². The largest absolute Gasteiger partial charge is 0.489 e. The molecule has 1 aliphatic rings.